The number of carboxylic acid groups (broad SMARTS) is 1. The molecule has 1 saturated carbocycles. The van der Waals surface area contributed by atoms with E-state index in [9.17, 15) is 19.5 Å². The fourth-order valence-corrected chi connectivity index (χ4v) is 3.01. The van der Waals surface area contributed by atoms with Gasteiger partial charge in [0.15, 0.2) is 0 Å². The highest BCUT2D eigenvalue weighted by atomic mass is 16.4. The molecule has 1 fully saturated rings. The third-order valence-electron chi connectivity index (χ3n) is 4.67. The SMILES string of the molecule is CNC(=O)c1ccc(C2CCC2C(=O)N[C@H](C(=O)O)C(C)C)cc1. The molecule has 130 valence electrons. The van der Waals surface area contributed by atoms with Crippen LogP contribution in [0.25, 0.3) is 0 Å². The van der Waals surface area contributed by atoms with E-state index < -0.39 is 12.0 Å². The largest absolute Gasteiger partial charge is 0.480 e. The zero-order valence-corrected chi connectivity index (χ0v) is 14.2. The van der Waals surface area contributed by atoms with Gasteiger partial charge in [0, 0.05) is 18.5 Å². The summed E-state index contributed by atoms with van der Waals surface area (Å²) in [4.78, 5) is 35.2. The highest BCUT2D eigenvalue weighted by Gasteiger charge is 2.39. The second kappa shape index (κ2) is 7.47. The molecule has 2 rings (SSSR count). The minimum Gasteiger partial charge on any atom is -0.480 e. The van der Waals surface area contributed by atoms with E-state index in [2.05, 4.69) is 10.6 Å². The van der Waals surface area contributed by atoms with E-state index in [-0.39, 0.29) is 29.6 Å². The molecule has 6 heteroatoms. The van der Waals surface area contributed by atoms with Gasteiger partial charge in [-0.15, -0.1) is 0 Å². The number of carbonyl (C=O) groups is 3. The lowest BCUT2D eigenvalue weighted by Gasteiger charge is -2.36. The van der Waals surface area contributed by atoms with Crippen LogP contribution in [0.2, 0.25) is 0 Å². The molecule has 0 saturated heterocycles. The highest BCUT2D eigenvalue weighted by Crippen LogP contribution is 2.42. The van der Waals surface area contributed by atoms with Crippen LogP contribution in [0, 0.1) is 11.8 Å². The van der Waals surface area contributed by atoms with Crippen molar-refractivity contribution >= 4 is 17.8 Å². The standard InChI is InChI=1S/C18H24N2O4/c1-10(2)15(18(23)24)20-17(22)14-9-8-13(14)11-4-6-12(7-5-11)16(21)19-3/h4-7,10,13-15H,8-9H2,1-3H3,(H,19,21)(H,20,22)(H,23,24)/t13?,14?,15-/m0/s1. The van der Waals surface area contributed by atoms with Crippen molar-refractivity contribution in [2.24, 2.45) is 11.8 Å². The van der Waals surface area contributed by atoms with E-state index in [4.69, 9.17) is 0 Å². The van der Waals surface area contributed by atoms with Crippen molar-refractivity contribution in [3.8, 4) is 0 Å². The van der Waals surface area contributed by atoms with Crippen LogP contribution >= 0.6 is 0 Å². The first kappa shape index (κ1) is 18.0. The van der Waals surface area contributed by atoms with Crippen molar-refractivity contribution in [2.75, 3.05) is 7.05 Å². The first-order valence-electron chi connectivity index (χ1n) is 8.20. The molecule has 2 amide bonds. The summed E-state index contributed by atoms with van der Waals surface area (Å²) in [5, 5.41) is 14.4. The molecule has 6 nitrogen and oxygen atoms in total. The van der Waals surface area contributed by atoms with Gasteiger partial charge in [-0.05, 0) is 42.4 Å². The first-order valence-corrected chi connectivity index (χ1v) is 8.20. The molecule has 0 spiro atoms. The van der Waals surface area contributed by atoms with Crippen LogP contribution in [0.3, 0.4) is 0 Å². The molecular weight excluding hydrogens is 308 g/mol. The molecule has 0 radical (unpaired) electrons. The molecule has 0 aromatic heterocycles. The van der Waals surface area contributed by atoms with Gasteiger partial charge in [-0.25, -0.2) is 4.79 Å². The van der Waals surface area contributed by atoms with Crippen LogP contribution in [0.1, 0.15) is 48.5 Å². The summed E-state index contributed by atoms with van der Waals surface area (Å²) in [7, 11) is 1.58. The van der Waals surface area contributed by atoms with E-state index in [1.54, 1.807) is 33.0 Å². The molecule has 0 bridgehead atoms. The average Bonchev–Trinajstić information content (AvgIpc) is 2.51. The lowest BCUT2D eigenvalue weighted by Crippen LogP contribution is -2.49. The smallest absolute Gasteiger partial charge is 0.326 e. The van der Waals surface area contributed by atoms with Gasteiger partial charge in [-0.2, -0.15) is 0 Å². The fourth-order valence-electron chi connectivity index (χ4n) is 3.01. The minimum atomic E-state index is -1.01. The number of amides is 2. The summed E-state index contributed by atoms with van der Waals surface area (Å²) >= 11 is 0. The van der Waals surface area contributed by atoms with Crippen LogP contribution in [0.15, 0.2) is 24.3 Å². The fraction of sp³-hybridized carbons (Fsp3) is 0.500. The predicted molar refractivity (Wildman–Crippen MR) is 89.7 cm³/mol. The maximum atomic E-state index is 12.4. The first-order chi connectivity index (χ1) is 11.3. The number of carbonyl (C=O) groups excluding carboxylic acids is 2. The topological polar surface area (TPSA) is 95.5 Å². The Morgan fingerprint density at radius 3 is 2.17 bits per heavy atom. The van der Waals surface area contributed by atoms with Gasteiger partial charge in [0.25, 0.3) is 5.91 Å². The zero-order valence-electron chi connectivity index (χ0n) is 14.2. The Kier molecular flexibility index (Phi) is 5.59. The van der Waals surface area contributed by atoms with Crippen LogP contribution in [0.5, 0.6) is 0 Å². The van der Waals surface area contributed by atoms with Crippen molar-refractivity contribution in [2.45, 2.75) is 38.6 Å². The monoisotopic (exact) mass is 332 g/mol. The summed E-state index contributed by atoms with van der Waals surface area (Å²) in [5.74, 6) is -1.67. The molecule has 3 atom stereocenters. The van der Waals surface area contributed by atoms with Crippen molar-refractivity contribution < 1.29 is 19.5 Å². The summed E-state index contributed by atoms with van der Waals surface area (Å²) in [5.41, 5.74) is 1.58. The van der Waals surface area contributed by atoms with Gasteiger partial charge in [0.1, 0.15) is 6.04 Å². The quantitative estimate of drug-likeness (QED) is 0.740. The van der Waals surface area contributed by atoms with Gasteiger partial charge in [-0.3, -0.25) is 9.59 Å². The Morgan fingerprint density at radius 1 is 1.12 bits per heavy atom. The molecule has 3 N–H and O–H groups in total. The second-order valence-corrected chi connectivity index (χ2v) is 6.56. The van der Waals surface area contributed by atoms with Gasteiger partial charge in [0.2, 0.25) is 5.91 Å². The maximum absolute atomic E-state index is 12.4. The summed E-state index contributed by atoms with van der Waals surface area (Å²) in [6.07, 6.45) is 1.63. The number of hydrogen-bond donors (Lipinski definition) is 3. The van der Waals surface area contributed by atoms with E-state index in [0.717, 1.165) is 18.4 Å². The van der Waals surface area contributed by atoms with Gasteiger partial charge in [0.05, 0.1) is 0 Å². The number of aliphatic carboxylic acids is 1. The molecule has 24 heavy (non-hydrogen) atoms. The Balaban J connectivity index is 2.04. The highest BCUT2D eigenvalue weighted by molar-refractivity contribution is 5.94. The van der Waals surface area contributed by atoms with E-state index in [0.29, 0.717) is 5.56 Å². The Morgan fingerprint density at radius 2 is 1.75 bits per heavy atom. The van der Waals surface area contributed by atoms with Crippen LogP contribution in [-0.4, -0.2) is 36.0 Å². The van der Waals surface area contributed by atoms with Crippen molar-refractivity contribution in [3.63, 3.8) is 0 Å². The molecule has 1 aromatic rings. The average molecular weight is 332 g/mol. The van der Waals surface area contributed by atoms with Gasteiger partial charge >= 0.3 is 5.97 Å². The molecular formula is C18H24N2O4. The van der Waals surface area contributed by atoms with E-state index in [1.165, 1.54) is 0 Å². The minimum absolute atomic E-state index is 0.0744. The predicted octanol–water partition coefficient (Wildman–Crippen LogP) is 1.77. The zero-order chi connectivity index (χ0) is 17.9. The van der Waals surface area contributed by atoms with Crippen LogP contribution in [0.4, 0.5) is 0 Å². The number of hydrogen-bond acceptors (Lipinski definition) is 3. The third-order valence-corrected chi connectivity index (χ3v) is 4.67. The summed E-state index contributed by atoms with van der Waals surface area (Å²) in [6.45, 7) is 3.55. The van der Waals surface area contributed by atoms with Crippen molar-refractivity contribution in [1.29, 1.82) is 0 Å². The lowest BCUT2D eigenvalue weighted by atomic mass is 9.69. The molecule has 0 heterocycles. The molecule has 2 unspecified atom stereocenters. The summed E-state index contributed by atoms with van der Waals surface area (Å²) in [6, 6.07) is 6.36. The van der Waals surface area contributed by atoms with Gasteiger partial charge < -0.3 is 15.7 Å². The molecule has 1 aliphatic carbocycles. The number of benzene rings is 1. The van der Waals surface area contributed by atoms with E-state index in [1.807, 2.05) is 12.1 Å². The molecule has 1 aliphatic rings. The third kappa shape index (κ3) is 3.75. The number of carboxylic acids is 1. The number of nitrogens with one attached hydrogen (secondary N) is 2. The van der Waals surface area contributed by atoms with Gasteiger partial charge in [-0.1, -0.05) is 26.0 Å². The van der Waals surface area contributed by atoms with Crippen LogP contribution < -0.4 is 10.6 Å². The lowest BCUT2D eigenvalue weighted by molar-refractivity contribution is -0.144. The number of rotatable bonds is 6. The molecule has 1 aromatic carbocycles. The Hall–Kier alpha value is -2.37. The van der Waals surface area contributed by atoms with E-state index >= 15 is 0 Å². The maximum Gasteiger partial charge on any atom is 0.326 e. The molecule has 0 aliphatic heterocycles. The summed E-state index contributed by atoms with van der Waals surface area (Å²) < 4.78 is 0. The van der Waals surface area contributed by atoms with Crippen LogP contribution in [-0.2, 0) is 9.59 Å². The van der Waals surface area contributed by atoms with Crippen molar-refractivity contribution in [1.82, 2.24) is 10.6 Å². The Bertz CT molecular complexity index is 624. The normalized spacial score (nSPS) is 20.8. The second-order valence-electron chi connectivity index (χ2n) is 6.56. The van der Waals surface area contributed by atoms with Crippen molar-refractivity contribution in [3.05, 3.63) is 35.4 Å². The Labute approximate surface area is 141 Å².